The molecule has 1 aromatic heterocycles. The van der Waals surface area contributed by atoms with Crippen LogP contribution < -0.4 is 15.2 Å². The molecule has 1 aliphatic heterocycles. The molecule has 1 aromatic carbocycles. The van der Waals surface area contributed by atoms with Crippen molar-refractivity contribution in [1.82, 2.24) is 9.62 Å². The summed E-state index contributed by atoms with van der Waals surface area (Å²) in [6, 6.07) is 11.9. The van der Waals surface area contributed by atoms with Gasteiger partial charge in [-0.2, -0.15) is 5.26 Å². The molecule has 1 atom stereocenters. The predicted octanol–water partition coefficient (Wildman–Crippen LogP) is 2.22. The van der Waals surface area contributed by atoms with Crippen molar-refractivity contribution in [2.45, 2.75) is 20.0 Å². The lowest BCUT2D eigenvalue weighted by Crippen LogP contribution is -2.36. The third-order valence-corrected chi connectivity index (χ3v) is 6.44. The molecular weight excluding hydrogens is 450 g/mol. The van der Waals surface area contributed by atoms with Gasteiger partial charge in [-0.1, -0.05) is 24.8 Å². The van der Waals surface area contributed by atoms with Crippen molar-refractivity contribution in [3.8, 4) is 17.4 Å². The standard InChI is InChI=1S/C26H31N3O4S/c1-4-22(29-9-11-32-12-10-29)14-20-5-6-21(13-18(20)2)25-8-7-24(33-25)19(3)26(15-27)34-28-16-23(31)17-30/h4-8,13-14,23,28,30-31H,2,9-12,16-17H2,1,3H3/b20-14-,22-4+,26-19+. The lowest BCUT2D eigenvalue weighted by Gasteiger charge is -2.29. The maximum absolute atomic E-state index is 9.51. The summed E-state index contributed by atoms with van der Waals surface area (Å²) < 4.78 is 14.4. The van der Waals surface area contributed by atoms with E-state index in [1.54, 1.807) is 0 Å². The van der Waals surface area contributed by atoms with Crippen LogP contribution >= 0.6 is 11.9 Å². The first-order valence-electron chi connectivity index (χ1n) is 11.2. The molecule has 34 heavy (non-hydrogen) atoms. The first kappa shape index (κ1) is 25.8. The van der Waals surface area contributed by atoms with Crippen LogP contribution in [0, 0.1) is 11.3 Å². The zero-order chi connectivity index (χ0) is 24.5. The largest absolute Gasteiger partial charge is 0.456 e. The monoisotopic (exact) mass is 481 g/mol. The summed E-state index contributed by atoms with van der Waals surface area (Å²) in [7, 11) is 0. The van der Waals surface area contributed by atoms with E-state index < -0.39 is 6.10 Å². The van der Waals surface area contributed by atoms with E-state index in [-0.39, 0.29) is 13.2 Å². The molecule has 1 saturated heterocycles. The molecule has 0 aliphatic carbocycles. The third kappa shape index (κ3) is 6.63. The molecule has 0 radical (unpaired) electrons. The summed E-state index contributed by atoms with van der Waals surface area (Å²) in [6.45, 7) is 11.1. The van der Waals surface area contributed by atoms with Crippen molar-refractivity contribution in [2.75, 3.05) is 39.5 Å². The summed E-state index contributed by atoms with van der Waals surface area (Å²) in [5, 5.41) is 29.8. The maximum Gasteiger partial charge on any atom is 0.134 e. The molecule has 0 saturated carbocycles. The van der Waals surface area contributed by atoms with Crippen LogP contribution in [0.5, 0.6) is 0 Å². The fourth-order valence-corrected chi connectivity index (χ4v) is 4.22. The van der Waals surface area contributed by atoms with Gasteiger partial charge in [-0.05, 0) is 60.5 Å². The van der Waals surface area contributed by atoms with Crippen molar-refractivity contribution in [1.29, 1.82) is 5.26 Å². The molecule has 3 N–H and O–H groups in total. The number of rotatable bonds is 9. The Kier molecular flexibility index (Phi) is 9.57. The Bertz CT molecular complexity index is 1190. The highest BCUT2D eigenvalue weighted by atomic mass is 32.2. The molecule has 3 rings (SSSR count). The molecule has 180 valence electrons. The summed E-state index contributed by atoms with van der Waals surface area (Å²) in [6.07, 6.45) is 3.38. The molecule has 7 nitrogen and oxygen atoms in total. The Morgan fingerprint density at radius 2 is 2.09 bits per heavy atom. The number of aliphatic hydroxyl groups excluding tert-OH is 2. The second-order valence-electron chi connectivity index (χ2n) is 7.89. The highest BCUT2D eigenvalue weighted by molar-refractivity contribution is 8.01. The van der Waals surface area contributed by atoms with E-state index in [1.807, 2.05) is 44.2 Å². The highest BCUT2D eigenvalue weighted by Gasteiger charge is 2.13. The SMILES string of the molecule is C=c1cc(-c2ccc(/C(C)=C(\C#N)SNCC(O)CO)o2)cc/c1=C/C(=C\C)N1CCOCC1. The molecule has 0 spiro atoms. The number of nitrogens with one attached hydrogen (secondary N) is 1. The molecule has 1 fully saturated rings. The summed E-state index contributed by atoms with van der Waals surface area (Å²) in [5.74, 6) is 1.28. The molecule has 1 unspecified atom stereocenters. The van der Waals surface area contributed by atoms with Crippen LogP contribution in [0.1, 0.15) is 19.6 Å². The average molecular weight is 482 g/mol. The van der Waals surface area contributed by atoms with Crippen molar-refractivity contribution in [3.63, 3.8) is 0 Å². The van der Waals surface area contributed by atoms with Crippen molar-refractivity contribution >= 4 is 30.2 Å². The minimum absolute atomic E-state index is 0.166. The predicted molar refractivity (Wildman–Crippen MR) is 136 cm³/mol. The second kappa shape index (κ2) is 12.6. The number of benzene rings is 1. The van der Waals surface area contributed by atoms with Gasteiger partial charge >= 0.3 is 0 Å². The maximum atomic E-state index is 9.51. The van der Waals surface area contributed by atoms with Gasteiger partial charge in [-0.25, -0.2) is 0 Å². The Balaban J connectivity index is 1.79. The van der Waals surface area contributed by atoms with E-state index in [9.17, 15) is 10.4 Å². The zero-order valence-electron chi connectivity index (χ0n) is 19.6. The molecule has 0 amide bonds. The van der Waals surface area contributed by atoms with E-state index >= 15 is 0 Å². The van der Waals surface area contributed by atoms with Crippen molar-refractivity contribution < 1.29 is 19.4 Å². The Morgan fingerprint density at radius 1 is 1.32 bits per heavy atom. The zero-order valence-corrected chi connectivity index (χ0v) is 20.4. The van der Waals surface area contributed by atoms with Gasteiger partial charge in [-0.15, -0.1) is 0 Å². The van der Waals surface area contributed by atoms with E-state index in [0.29, 0.717) is 22.0 Å². The van der Waals surface area contributed by atoms with Gasteiger partial charge in [0.25, 0.3) is 0 Å². The van der Waals surface area contributed by atoms with Crippen LogP contribution in [0.15, 0.2) is 51.4 Å². The number of nitrogens with zero attached hydrogens (tertiary/aromatic N) is 2. The number of furan rings is 1. The van der Waals surface area contributed by atoms with Crippen LogP contribution in [0.4, 0.5) is 0 Å². The number of morpholine rings is 1. The first-order valence-corrected chi connectivity index (χ1v) is 12.0. The molecule has 2 heterocycles. The molecule has 8 heteroatoms. The van der Waals surface area contributed by atoms with Gasteiger partial charge < -0.3 is 24.3 Å². The summed E-state index contributed by atoms with van der Waals surface area (Å²) in [4.78, 5) is 2.74. The Hall–Kier alpha value is -2.80. The second-order valence-corrected chi connectivity index (χ2v) is 8.79. The number of ether oxygens (including phenoxy) is 1. The van der Waals surface area contributed by atoms with Gasteiger partial charge in [0.15, 0.2) is 0 Å². The number of aliphatic hydroxyl groups is 2. The van der Waals surface area contributed by atoms with Crippen molar-refractivity contribution in [3.05, 3.63) is 63.2 Å². The van der Waals surface area contributed by atoms with Gasteiger partial charge in [0.1, 0.15) is 22.5 Å². The topological polar surface area (TPSA) is 102 Å². The highest BCUT2D eigenvalue weighted by Crippen LogP contribution is 2.29. The average Bonchev–Trinajstić information content (AvgIpc) is 3.36. The lowest BCUT2D eigenvalue weighted by atomic mass is 10.1. The normalized spacial score (nSPS) is 16.9. The Morgan fingerprint density at radius 3 is 2.74 bits per heavy atom. The summed E-state index contributed by atoms with van der Waals surface area (Å²) in [5.41, 5.74) is 2.75. The van der Waals surface area contributed by atoms with Gasteiger partial charge in [0.05, 0.1) is 25.9 Å². The van der Waals surface area contributed by atoms with Crippen LogP contribution in [0.2, 0.25) is 0 Å². The van der Waals surface area contributed by atoms with Crippen LogP contribution in [-0.2, 0) is 4.74 Å². The van der Waals surface area contributed by atoms with Gasteiger partial charge in [0, 0.05) is 36.5 Å². The third-order valence-electron chi connectivity index (χ3n) is 5.52. The molecule has 1 aliphatic rings. The van der Waals surface area contributed by atoms with E-state index in [2.05, 4.69) is 34.4 Å². The first-order chi connectivity index (χ1) is 16.5. The van der Waals surface area contributed by atoms with Gasteiger partial charge in [0.2, 0.25) is 0 Å². The van der Waals surface area contributed by atoms with Gasteiger partial charge in [-0.3, -0.25) is 4.72 Å². The van der Waals surface area contributed by atoms with Crippen molar-refractivity contribution in [2.24, 2.45) is 0 Å². The molecular formula is C26H31N3O4S. The van der Waals surface area contributed by atoms with Crippen LogP contribution in [0.25, 0.3) is 29.6 Å². The number of allylic oxidation sites excluding steroid dienone is 4. The fourth-order valence-electron chi connectivity index (χ4n) is 3.50. The molecule has 2 aromatic rings. The number of hydrogen-bond donors (Lipinski definition) is 3. The van der Waals surface area contributed by atoms with E-state index in [1.165, 1.54) is 0 Å². The Labute approximate surface area is 204 Å². The van der Waals surface area contributed by atoms with E-state index in [4.69, 9.17) is 14.3 Å². The minimum atomic E-state index is -0.877. The van der Waals surface area contributed by atoms with Crippen LogP contribution in [-0.4, -0.2) is 60.7 Å². The lowest BCUT2D eigenvalue weighted by molar-refractivity contribution is 0.0561. The fraction of sp³-hybridized carbons (Fsp3) is 0.346. The van der Waals surface area contributed by atoms with E-state index in [0.717, 1.165) is 59.9 Å². The van der Waals surface area contributed by atoms with Crippen LogP contribution in [0.3, 0.4) is 0 Å². The number of hydrogen-bond acceptors (Lipinski definition) is 8. The minimum Gasteiger partial charge on any atom is -0.456 e. The smallest absolute Gasteiger partial charge is 0.134 e. The quantitative estimate of drug-likeness (QED) is 0.370. The summed E-state index contributed by atoms with van der Waals surface area (Å²) >= 11 is 1.10. The molecule has 0 bridgehead atoms. The number of nitriles is 1.